The molecule has 0 aromatic heterocycles. The number of nitrogens with zero attached hydrogens (tertiary/aromatic N) is 1. The number of nitrogens with two attached hydrogens (primary N) is 1. The molecule has 1 atom stereocenters. The van der Waals surface area contributed by atoms with Crippen molar-refractivity contribution in [1.29, 1.82) is 0 Å². The maximum atomic E-state index is 12.5. The second kappa shape index (κ2) is 9.99. The van der Waals surface area contributed by atoms with Crippen LogP contribution in [0.15, 0.2) is 24.3 Å². The number of rotatable bonds is 7. The lowest BCUT2D eigenvalue weighted by Crippen LogP contribution is -2.52. The van der Waals surface area contributed by atoms with Crippen molar-refractivity contribution in [2.75, 3.05) is 24.6 Å². The van der Waals surface area contributed by atoms with Gasteiger partial charge in [-0.2, -0.15) is 4.31 Å². The van der Waals surface area contributed by atoms with E-state index in [1.807, 2.05) is 31.2 Å². The Balaban J connectivity index is 0.00000312. The summed E-state index contributed by atoms with van der Waals surface area (Å²) in [7, 11) is -3.35. The number of amides is 1. The van der Waals surface area contributed by atoms with E-state index in [2.05, 4.69) is 5.32 Å². The van der Waals surface area contributed by atoms with Gasteiger partial charge in [-0.1, -0.05) is 25.5 Å². The predicted octanol–water partition coefficient (Wildman–Crippen LogP) is 1.94. The summed E-state index contributed by atoms with van der Waals surface area (Å²) in [5.74, 6) is -0.0906. The zero-order valence-electron chi connectivity index (χ0n) is 14.6. The van der Waals surface area contributed by atoms with Gasteiger partial charge in [0.1, 0.15) is 6.04 Å². The second-order valence-electron chi connectivity index (χ2n) is 6.22. The summed E-state index contributed by atoms with van der Waals surface area (Å²) in [5, 5.41) is 2.88. The smallest absolute Gasteiger partial charge is 0.238 e. The summed E-state index contributed by atoms with van der Waals surface area (Å²) in [5.41, 5.74) is 7.45. The van der Waals surface area contributed by atoms with Crippen molar-refractivity contribution < 1.29 is 13.2 Å². The molecular weight excluding hydrogens is 362 g/mol. The first kappa shape index (κ1) is 21.7. The second-order valence-corrected chi connectivity index (χ2v) is 8.26. The van der Waals surface area contributed by atoms with Gasteiger partial charge in [0.15, 0.2) is 0 Å². The van der Waals surface area contributed by atoms with Gasteiger partial charge in [0.05, 0.1) is 5.75 Å². The van der Waals surface area contributed by atoms with Gasteiger partial charge >= 0.3 is 0 Å². The minimum Gasteiger partial charge on any atom is -0.399 e. The Hall–Kier alpha value is -1.31. The van der Waals surface area contributed by atoms with Crippen molar-refractivity contribution in [3.63, 3.8) is 0 Å². The Morgan fingerprint density at radius 2 is 1.96 bits per heavy atom. The molecule has 1 saturated heterocycles. The molecule has 1 heterocycles. The zero-order chi connectivity index (χ0) is 17.6. The first-order valence-electron chi connectivity index (χ1n) is 8.55. The molecule has 0 spiro atoms. The Morgan fingerprint density at radius 3 is 2.60 bits per heavy atom. The molecule has 1 aromatic carbocycles. The number of anilines is 1. The molecule has 1 fully saturated rings. The molecule has 0 aliphatic carbocycles. The topological polar surface area (TPSA) is 92.5 Å². The lowest BCUT2D eigenvalue weighted by atomic mass is 10.0. The van der Waals surface area contributed by atoms with Crippen LogP contribution in [0.5, 0.6) is 0 Å². The summed E-state index contributed by atoms with van der Waals surface area (Å²) in [6.45, 7) is 2.77. The number of hydrogen-bond donors (Lipinski definition) is 2. The Bertz CT molecular complexity index is 650. The fourth-order valence-electron chi connectivity index (χ4n) is 3.01. The quantitative estimate of drug-likeness (QED) is 0.697. The molecule has 3 N–H and O–H groups in total. The van der Waals surface area contributed by atoms with E-state index in [1.165, 1.54) is 4.31 Å². The van der Waals surface area contributed by atoms with Crippen LogP contribution in [0.1, 0.15) is 38.2 Å². The highest BCUT2D eigenvalue weighted by Crippen LogP contribution is 2.21. The third-order valence-electron chi connectivity index (χ3n) is 4.27. The summed E-state index contributed by atoms with van der Waals surface area (Å²) >= 11 is 0. The molecule has 6 nitrogen and oxygen atoms in total. The van der Waals surface area contributed by atoms with Gasteiger partial charge in [0, 0.05) is 18.8 Å². The molecule has 25 heavy (non-hydrogen) atoms. The molecule has 0 radical (unpaired) electrons. The van der Waals surface area contributed by atoms with E-state index < -0.39 is 16.1 Å². The van der Waals surface area contributed by atoms with Crippen LogP contribution in [-0.2, 0) is 21.2 Å². The van der Waals surface area contributed by atoms with Crippen LogP contribution in [0.25, 0.3) is 0 Å². The minimum atomic E-state index is -3.35. The third kappa shape index (κ3) is 6.17. The number of carbonyl (C=O) groups is 1. The van der Waals surface area contributed by atoms with Crippen LogP contribution >= 0.6 is 12.4 Å². The van der Waals surface area contributed by atoms with Crippen LogP contribution in [0, 0.1) is 0 Å². The molecule has 0 bridgehead atoms. The number of piperidine rings is 1. The summed E-state index contributed by atoms with van der Waals surface area (Å²) in [4.78, 5) is 12.5. The zero-order valence-corrected chi connectivity index (χ0v) is 16.2. The van der Waals surface area contributed by atoms with Gasteiger partial charge in [0.2, 0.25) is 15.9 Å². The average molecular weight is 390 g/mol. The highest BCUT2D eigenvalue weighted by atomic mass is 35.5. The van der Waals surface area contributed by atoms with E-state index in [0.717, 1.165) is 18.4 Å². The first-order chi connectivity index (χ1) is 11.4. The van der Waals surface area contributed by atoms with Crippen molar-refractivity contribution in [2.45, 2.75) is 45.1 Å². The summed E-state index contributed by atoms with van der Waals surface area (Å²) in [6.07, 6.45) is 3.55. The Kier molecular flexibility index (Phi) is 8.68. The lowest BCUT2D eigenvalue weighted by molar-refractivity contribution is -0.125. The number of carbonyl (C=O) groups excluding carboxylic acids is 1. The average Bonchev–Trinajstić information content (AvgIpc) is 2.56. The fraction of sp³-hybridized carbons (Fsp3) is 0.588. The maximum Gasteiger partial charge on any atom is 0.238 e. The molecule has 1 aliphatic rings. The molecule has 2 rings (SSSR count). The number of hydrogen-bond acceptors (Lipinski definition) is 4. The van der Waals surface area contributed by atoms with E-state index in [9.17, 15) is 13.2 Å². The third-order valence-corrected chi connectivity index (χ3v) is 6.34. The van der Waals surface area contributed by atoms with Gasteiger partial charge in [-0.05, 0) is 43.4 Å². The van der Waals surface area contributed by atoms with Crippen molar-refractivity contribution in [1.82, 2.24) is 9.62 Å². The van der Waals surface area contributed by atoms with Crippen LogP contribution in [0.4, 0.5) is 5.69 Å². The van der Waals surface area contributed by atoms with Crippen molar-refractivity contribution in [2.24, 2.45) is 0 Å². The number of benzene rings is 1. The minimum absolute atomic E-state index is 0. The highest BCUT2D eigenvalue weighted by molar-refractivity contribution is 7.89. The van der Waals surface area contributed by atoms with Gasteiger partial charge in [-0.3, -0.25) is 4.79 Å². The van der Waals surface area contributed by atoms with E-state index in [1.54, 1.807) is 0 Å². The fourth-order valence-corrected chi connectivity index (χ4v) is 4.75. The van der Waals surface area contributed by atoms with Crippen molar-refractivity contribution >= 4 is 34.0 Å². The largest absolute Gasteiger partial charge is 0.399 e. The van der Waals surface area contributed by atoms with E-state index in [-0.39, 0.29) is 24.1 Å². The van der Waals surface area contributed by atoms with Gasteiger partial charge in [0.25, 0.3) is 0 Å². The number of halogens is 1. The number of sulfonamides is 1. The molecule has 142 valence electrons. The highest BCUT2D eigenvalue weighted by Gasteiger charge is 2.35. The van der Waals surface area contributed by atoms with Crippen LogP contribution < -0.4 is 11.1 Å². The van der Waals surface area contributed by atoms with Gasteiger partial charge < -0.3 is 11.1 Å². The molecule has 0 saturated carbocycles. The number of nitrogens with one attached hydrogen (secondary N) is 1. The summed E-state index contributed by atoms with van der Waals surface area (Å²) in [6, 6.07) is 6.95. The molecule has 1 aliphatic heterocycles. The van der Waals surface area contributed by atoms with E-state index >= 15 is 0 Å². The number of nitrogen functional groups attached to an aromatic ring is 1. The molecule has 1 unspecified atom stereocenters. The lowest BCUT2D eigenvalue weighted by Gasteiger charge is -2.33. The maximum absolute atomic E-state index is 12.5. The Labute approximate surface area is 156 Å². The normalized spacial score (nSPS) is 18.4. The van der Waals surface area contributed by atoms with Gasteiger partial charge in [-0.25, -0.2) is 8.42 Å². The molecular formula is C17H28ClN3O3S. The first-order valence-corrected chi connectivity index (χ1v) is 10.2. The molecule has 8 heteroatoms. The van der Waals surface area contributed by atoms with Crippen molar-refractivity contribution in [3.05, 3.63) is 29.8 Å². The SMILES string of the molecule is CCCS(=O)(=O)N1CCCCC1C(=O)NCCc1ccc(N)cc1.Cl. The van der Waals surface area contributed by atoms with Gasteiger partial charge in [-0.15, -0.1) is 12.4 Å². The van der Waals surface area contributed by atoms with E-state index in [0.29, 0.717) is 38.0 Å². The van der Waals surface area contributed by atoms with Crippen LogP contribution in [-0.4, -0.2) is 43.5 Å². The van der Waals surface area contributed by atoms with E-state index in [4.69, 9.17) is 5.73 Å². The van der Waals surface area contributed by atoms with Crippen molar-refractivity contribution in [3.8, 4) is 0 Å². The monoisotopic (exact) mass is 389 g/mol. The summed E-state index contributed by atoms with van der Waals surface area (Å²) < 4.78 is 26.1. The molecule has 1 aromatic rings. The Morgan fingerprint density at radius 1 is 1.28 bits per heavy atom. The van der Waals surface area contributed by atoms with Crippen LogP contribution in [0.3, 0.4) is 0 Å². The van der Waals surface area contributed by atoms with Crippen LogP contribution in [0.2, 0.25) is 0 Å². The standard InChI is InChI=1S/C17H27N3O3S.ClH/c1-2-13-24(22,23)20-12-4-3-5-16(20)17(21)19-11-10-14-6-8-15(18)9-7-14;/h6-9,16H,2-5,10-13,18H2,1H3,(H,19,21);1H. The predicted molar refractivity (Wildman–Crippen MR) is 103 cm³/mol. The molecule has 1 amide bonds.